The van der Waals surface area contributed by atoms with Gasteiger partial charge in [0.15, 0.2) is 0 Å². The van der Waals surface area contributed by atoms with E-state index in [4.69, 9.17) is 28.9 Å². The Kier molecular flexibility index (Phi) is 5.20. The van der Waals surface area contributed by atoms with Crippen LogP contribution in [0, 0.1) is 5.41 Å². The van der Waals surface area contributed by atoms with Crippen molar-refractivity contribution in [3.63, 3.8) is 0 Å². The molecule has 5 heteroatoms. The number of aromatic nitrogens is 1. The van der Waals surface area contributed by atoms with Gasteiger partial charge in [0.2, 0.25) is 0 Å². The summed E-state index contributed by atoms with van der Waals surface area (Å²) in [5.74, 6) is 0. The van der Waals surface area contributed by atoms with Gasteiger partial charge in [-0.3, -0.25) is 4.90 Å². The van der Waals surface area contributed by atoms with Gasteiger partial charge in [-0.15, -0.1) is 0 Å². The smallest absolute Gasteiger partial charge is 0.129 e. The molecule has 1 aromatic heterocycles. The maximum absolute atomic E-state index is 6.07. The Morgan fingerprint density at radius 1 is 1.35 bits per heavy atom. The number of nitrogens with two attached hydrogens (primary N) is 1. The minimum atomic E-state index is 0.0831. The fraction of sp³-hybridized carbons (Fsp3) is 0.583. The van der Waals surface area contributed by atoms with Crippen molar-refractivity contribution < 1.29 is 0 Å². The van der Waals surface area contributed by atoms with E-state index in [1.54, 1.807) is 12.1 Å². The first kappa shape index (κ1) is 14.7. The van der Waals surface area contributed by atoms with Crippen LogP contribution >= 0.6 is 23.2 Å². The largest absolute Gasteiger partial charge is 0.330 e. The predicted molar refractivity (Wildman–Crippen MR) is 73.4 cm³/mol. The molecule has 0 fully saturated rings. The number of hydrogen-bond acceptors (Lipinski definition) is 3. The molecule has 0 aliphatic carbocycles. The molecule has 0 unspecified atom stereocenters. The van der Waals surface area contributed by atoms with Crippen molar-refractivity contribution in [2.75, 3.05) is 20.1 Å². The van der Waals surface area contributed by atoms with Crippen molar-refractivity contribution in [3.8, 4) is 0 Å². The number of halogens is 2. The van der Waals surface area contributed by atoms with E-state index in [0.29, 0.717) is 23.3 Å². The van der Waals surface area contributed by atoms with E-state index in [2.05, 4.69) is 23.7 Å². The lowest BCUT2D eigenvalue weighted by Crippen LogP contribution is -2.36. The zero-order valence-corrected chi connectivity index (χ0v) is 12.0. The van der Waals surface area contributed by atoms with Gasteiger partial charge in [-0.05, 0) is 31.1 Å². The molecule has 1 heterocycles. The van der Waals surface area contributed by atoms with Gasteiger partial charge >= 0.3 is 0 Å². The van der Waals surface area contributed by atoms with E-state index >= 15 is 0 Å². The third kappa shape index (κ3) is 4.80. The highest BCUT2D eigenvalue weighted by Crippen LogP contribution is 2.20. The summed E-state index contributed by atoms with van der Waals surface area (Å²) in [4.78, 5) is 6.38. The number of pyridine rings is 1. The van der Waals surface area contributed by atoms with Crippen molar-refractivity contribution in [1.29, 1.82) is 0 Å². The van der Waals surface area contributed by atoms with Crippen molar-refractivity contribution in [1.82, 2.24) is 9.88 Å². The molecule has 0 bridgehead atoms. The van der Waals surface area contributed by atoms with Crippen molar-refractivity contribution in [2.45, 2.75) is 20.4 Å². The van der Waals surface area contributed by atoms with Crippen LogP contribution < -0.4 is 5.73 Å². The summed E-state index contributed by atoms with van der Waals surface area (Å²) in [5.41, 5.74) is 6.60. The number of rotatable bonds is 5. The van der Waals surface area contributed by atoms with Crippen LogP contribution in [0.2, 0.25) is 10.2 Å². The highest BCUT2D eigenvalue weighted by atomic mass is 35.5. The van der Waals surface area contributed by atoms with Crippen molar-refractivity contribution in [2.24, 2.45) is 11.1 Å². The van der Waals surface area contributed by atoms with Gasteiger partial charge in [-0.25, -0.2) is 4.98 Å². The zero-order chi connectivity index (χ0) is 13.1. The van der Waals surface area contributed by atoms with Gasteiger partial charge in [0.05, 0.1) is 10.7 Å². The van der Waals surface area contributed by atoms with Gasteiger partial charge in [0, 0.05) is 13.1 Å². The Morgan fingerprint density at radius 3 is 2.59 bits per heavy atom. The van der Waals surface area contributed by atoms with Crippen LogP contribution in [0.1, 0.15) is 19.5 Å². The maximum atomic E-state index is 6.07. The molecule has 0 aliphatic rings. The Balaban J connectivity index is 2.68. The third-order valence-corrected chi connectivity index (χ3v) is 3.11. The zero-order valence-electron chi connectivity index (χ0n) is 10.5. The van der Waals surface area contributed by atoms with Crippen LogP contribution in [0.15, 0.2) is 12.1 Å². The summed E-state index contributed by atoms with van der Waals surface area (Å²) in [6, 6.07) is 3.46. The molecule has 0 amide bonds. The molecule has 96 valence electrons. The van der Waals surface area contributed by atoms with Gasteiger partial charge in [-0.1, -0.05) is 37.0 Å². The van der Waals surface area contributed by atoms with Gasteiger partial charge in [0.25, 0.3) is 0 Å². The first-order valence-electron chi connectivity index (χ1n) is 5.53. The molecule has 0 aromatic carbocycles. The molecule has 0 atom stereocenters. The van der Waals surface area contributed by atoms with Crippen LogP contribution in [-0.4, -0.2) is 30.0 Å². The monoisotopic (exact) mass is 275 g/mol. The SMILES string of the molecule is CN(Cc1nc(Cl)ccc1Cl)CC(C)(C)CN. The van der Waals surface area contributed by atoms with E-state index < -0.39 is 0 Å². The quantitative estimate of drug-likeness (QED) is 0.841. The molecule has 1 aromatic rings. The first-order chi connectivity index (χ1) is 7.84. The fourth-order valence-electron chi connectivity index (χ4n) is 1.68. The lowest BCUT2D eigenvalue weighted by molar-refractivity contribution is 0.208. The summed E-state index contributed by atoms with van der Waals surface area (Å²) in [7, 11) is 2.02. The molecule has 2 N–H and O–H groups in total. The lowest BCUT2D eigenvalue weighted by Gasteiger charge is -2.28. The average molecular weight is 276 g/mol. The second-order valence-electron chi connectivity index (χ2n) is 5.10. The molecule has 1 rings (SSSR count). The van der Waals surface area contributed by atoms with E-state index in [0.717, 1.165) is 12.2 Å². The average Bonchev–Trinajstić information content (AvgIpc) is 2.23. The molecule has 0 saturated heterocycles. The Hall–Kier alpha value is -0.350. The number of hydrogen-bond donors (Lipinski definition) is 1. The van der Waals surface area contributed by atoms with Crippen LogP contribution in [-0.2, 0) is 6.54 Å². The lowest BCUT2D eigenvalue weighted by atomic mass is 9.93. The van der Waals surface area contributed by atoms with Gasteiger partial charge in [0.1, 0.15) is 5.15 Å². The molecular formula is C12H19Cl2N3. The van der Waals surface area contributed by atoms with Crippen LogP contribution in [0.4, 0.5) is 0 Å². The summed E-state index contributed by atoms with van der Waals surface area (Å²) >= 11 is 11.9. The van der Waals surface area contributed by atoms with Crippen molar-refractivity contribution in [3.05, 3.63) is 28.0 Å². The third-order valence-electron chi connectivity index (χ3n) is 2.55. The van der Waals surface area contributed by atoms with Gasteiger partial charge < -0.3 is 5.73 Å². The van der Waals surface area contributed by atoms with E-state index in [1.807, 2.05) is 7.05 Å². The summed E-state index contributed by atoms with van der Waals surface area (Å²) in [6.45, 7) is 6.47. The van der Waals surface area contributed by atoms with E-state index in [9.17, 15) is 0 Å². The van der Waals surface area contributed by atoms with Gasteiger partial charge in [-0.2, -0.15) is 0 Å². The van der Waals surface area contributed by atoms with Crippen LogP contribution in [0.25, 0.3) is 0 Å². The normalized spacial score (nSPS) is 12.2. The first-order valence-corrected chi connectivity index (χ1v) is 6.29. The summed E-state index contributed by atoms with van der Waals surface area (Å²) in [6.07, 6.45) is 0. The standard InChI is InChI=1S/C12H19Cl2N3/c1-12(2,7-15)8-17(3)6-10-9(13)4-5-11(14)16-10/h4-5H,6-8,15H2,1-3H3. The Bertz CT molecular complexity index is 380. The van der Waals surface area contributed by atoms with Crippen molar-refractivity contribution >= 4 is 23.2 Å². The molecule has 0 radical (unpaired) electrons. The molecule has 0 spiro atoms. The second kappa shape index (κ2) is 6.01. The predicted octanol–water partition coefficient (Wildman–Crippen LogP) is 2.81. The van der Waals surface area contributed by atoms with E-state index in [1.165, 1.54) is 0 Å². The highest BCUT2D eigenvalue weighted by Gasteiger charge is 2.19. The minimum absolute atomic E-state index is 0.0831. The molecule has 3 nitrogen and oxygen atoms in total. The summed E-state index contributed by atoms with van der Waals surface area (Å²) in [5, 5.41) is 1.11. The minimum Gasteiger partial charge on any atom is -0.330 e. The molecule has 0 aliphatic heterocycles. The Labute approximate surface area is 113 Å². The maximum Gasteiger partial charge on any atom is 0.129 e. The molecule has 17 heavy (non-hydrogen) atoms. The second-order valence-corrected chi connectivity index (χ2v) is 5.90. The number of nitrogens with zero attached hydrogens (tertiary/aromatic N) is 2. The topological polar surface area (TPSA) is 42.2 Å². The fourth-order valence-corrected chi connectivity index (χ4v) is 2.01. The van der Waals surface area contributed by atoms with E-state index in [-0.39, 0.29) is 5.41 Å². The highest BCUT2D eigenvalue weighted by molar-refractivity contribution is 6.32. The molecular weight excluding hydrogens is 257 g/mol. The Morgan fingerprint density at radius 2 is 2.00 bits per heavy atom. The summed E-state index contributed by atoms with van der Waals surface area (Å²) < 4.78 is 0. The van der Waals surface area contributed by atoms with Crippen LogP contribution in [0.5, 0.6) is 0 Å². The van der Waals surface area contributed by atoms with Crippen LogP contribution in [0.3, 0.4) is 0 Å². The molecule has 0 saturated carbocycles.